The van der Waals surface area contributed by atoms with Gasteiger partial charge in [0.05, 0.1) is 0 Å². The maximum atomic E-state index is 12.0. The summed E-state index contributed by atoms with van der Waals surface area (Å²) >= 11 is 0. The number of fused-ring (bicyclic) bond motifs is 1. The molecule has 0 unspecified atom stereocenters. The van der Waals surface area contributed by atoms with Crippen LogP contribution in [0.25, 0.3) is 5.65 Å². The minimum absolute atomic E-state index is 0.177. The summed E-state index contributed by atoms with van der Waals surface area (Å²) in [6.45, 7) is 4.68. The average molecular weight is 222 g/mol. The maximum Gasteiger partial charge on any atom is 0.350 e. The largest absolute Gasteiger partial charge is 0.350 e. The Balaban J connectivity index is 2.71. The molecule has 2 heterocycles. The summed E-state index contributed by atoms with van der Waals surface area (Å²) in [6, 6.07) is 0. The smallest absolute Gasteiger partial charge is 0.311 e. The molecule has 2 aromatic heterocycles. The lowest BCUT2D eigenvalue weighted by Crippen LogP contribution is -2.25. The van der Waals surface area contributed by atoms with Gasteiger partial charge in [-0.3, -0.25) is 4.79 Å². The van der Waals surface area contributed by atoms with Crippen LogP contribution in [0.4, 0.5) is 0 Å². The van der Waals surface area contributed by atoms with Crippen LogP contribution in [0.1, 0.15) is 13.8 Å². The summed E-state index contributed by atoms with van der Waals surface area (Å²) in [7, 11) is 1.53. The molecule has 0 saturated heterocycles. The van der Waals surface area contributed by atoms with E-state index in [0.29, 0.717) is 12.5 Å². The molecule has 0 aliphatic heterocycles. The van der Waals surface area contributed by atoms with Gasteiger partial charge < -0.3 is 4.57 Å². The molecule has 0 amide bonds. The lowest BCUT2D eigenvalue weighted by Gasteiger charge is -2.07. The third kappa shape index (κ3) is 1.56. The van der Waals surface area contributed by atoms with Crippen molar-refractivity contribution in [1.29, 1.82) is 0 Å². The number of aromatic nitrogens is 4. The van der Waals surface area contributed by atoms with Crippen molar-refractivity contribution in [2.24, 2.45) is 13.0 Å². The highest BCUT2D eigenvalue weighted by molar-refractivity contribution is 5.32. The first kappa shape index (κ1) is 10.7. The van der Waals surface area contributed by atoms with Gasteiger partial charge in [-0.05, 0) is 5.92 Å². The molecule has 0 aromatic carbocycles. The average Bonchev–Trinajstić information content (AvgIpc) is 2.49. The molecule has 0 saturated carbocycles. The standard InChI is InChI=1S/C10H14N4O2/c1-7(2)6-13-4-5-14-8(9(13)15)11-12(3)10(14)16/h4-5,7H,6H2,1-3H3. The fraction of sp³-hybridized carbons (Fsp3) is 0.500. The predicted molar refractivity (Wildman–Crippen MR) is 59.5 cm³/mol. The fourth-order valence-corrected chi connectivity index (χ4v) is 1.64. The van der Waals surface area contributed by atoms with Crippen LogP contribution in [-0.4, -0.2) is 18.7 Å². The van der Waals surface area contributed by atoms with Crippen LogP contribution in [0, 0.1) is 5.92 Å². The van der Waals surface area contributed by atoms with E-state index in [2.05, 4.69) is 5.10 Å². The molecule has 2 aromatic rings. The van der Waals surface area contributed by atoms with E-state index in [9.17, 15) is 9.59 Å². The number of rotatable bonds is 2. The summed E-state index contributed by atoms with van der Waals surface area (Å²) < 4.78 is 4.00. The normalized spacial score (nSPS) is 11.5. The zero-order valence-corrected chi connectivity index (χ0v) is 9.54. The van der Waals surface area contributed by atoms with Crippen LogP contribution in [0.5, 0.6) is 0 Å². The quantitative estimate of drug-likeness (QED) is 0.710. The number of nitrogens with zero attached hydrogens (tertiary/aromatic N) is 4. The van der Waals surface area contributed by atoms with Gasteiger partial charge in [0, 0.05) is 26.0 Å². The molecular formula is C10H14N4O2. The molecule has 2 rings (SSSR count). The number of hydrogen-bond donors (Lipinski definition) is 0. The first-order chi connectivity index (χ1) is 7.50. The van der Waals surface area contributed by atoms with Crippen molar-refractivity contribution in [3.63, 3.8) is 0 Å². The van der Waals surface area contributed by atoms with Crippen LogP contribution < -0.4 is 11.2 Å². The molecule has 0 fully saturated rings. The van der Waals surface area contributed by atoms with Gasteiger partial charge in [0.25, 0.3) is 5.56 Å². The zero-order chi connectivity index (χ0) is 11.9. The Bertz CT molecular complexity index is 632. The van der Waals surface area contributed by atoms with E-state index in [0.717, 1.165) is 4.68 Å². The van der Waals surface area contributed by atoms with E-state index >= 15 is 0 Å². The van der Waals surface area contributed by atoms with Crippen LogP contribution in [-0.2, 0) is 13.6 Å². The van der Waals surface area contributed by atoms with E-state index in [1.54, 1.807) is 17.0 Å². The summed E-state index contributed by atoms with van der Waals surface area (Å²) in [4.78, 5) is 23.5. The second-order valence-electron chi connectivity index (χ2n) is 4.25. The van der Waals surface area contributed by atoms with Crippen molar-refractivity contribution >= 4 is 5.65 Å². The third-order valence-electron chi connectivity index (χ3n) is 2.37. The lowest BCUT2D eigenvalue weighted by molar-refractivity contribution is 0.510. The molecule has 6 heteroatoms. The molecule has 86 valence electrons. The van der Waals surface area contributed by atoms with Gasteiger partial charge in [0.15, 0.2) is 0 Å². The van der Waals surface area contributed by atoms with E-state index in [1.807, 2.05) is 13.8 Å². The van der Waals surface area contributed by atoms with Gasteiger partial charge in [0.2, 0.25) is 5.65 Å². The Hall–Kier alpha value is -1.85. The number of aryl methyl sites for hydroxylation is 1. The van der Waals surface area contributed by atoms with E-state index < -0.39 is 0 Å². The highest BCUT2D eigenvalue weighted by Gasteiger charge is 2.09. The van der Waals surface area contributed by atoms with Crippen molar-refractivity contribution in [3.05, 3.63) is 33.2 Å². The SMILES string of the molecule is CC(C)Cn1ccn2c(=O)n(C)nc2c1=O. The van der Waals surface area contributed by atoms with Crippen molar-refractivity contribution in [3.8, 4) is 0 Å². The monoisotopic (exact) mass is 222 g/mol. The Morgan fingerprint density at radius 2 is 2.00 bits per heavy atom. The first-order valence-corrected chi connectivity index (χ1v) is 5.15. The highest BCUT2D eigenvalue weighted by atomic mass is 16.2. The molecule has 0 bridgehead atoms. The van der Waals surface area contributed by atoms with Crippen LogP contribution in [0.15, 0.2) is 22.0 Å². The zero-order valence-electron chi connectivity index (χ0n) is 9.54. The molecule has 0 atom stereocenters. The van der Waals surface area contributed by atoms with Gasteiger partial charge in [-0.25, -0.2) is 13.9 Å². The van der Waals surface area contributed by atoms with Gasteiger partial charge in [-0.15, -0.1) is 5.10 Å². The highest BCUT2D eigenvalue weighted by Crippen LogP contribution is 1.96. The molecule has 6 nitrogen and oxygen atoms in total. The van der Waals surface area contributed by atoms with Crippen molar-refractivity contribution in [2.45, 2.75) is 20.4 Å². The van der Waals surface area contributed by atoms with Crippen molar-refractivity contribution < 1.29 is 0 Å². The molecular weight excluding hydrogens is 208 g/mol. The van der Waals surface area contributed by atoms with Crippen molar-refractivity contribution in [1.82, 2.24) is 18.7 Å². The Morgan fingerprint density at radius 3 is 2.62 bits per heavy atom. The fourth-order valence-electron chi connectivity index (χ4n) is 1.64. The topological polar surface area (TPSA) is 61.3 Å². The molecule has 0 aliphatic carbocycles. The van der Waals surface area contributed by atoms with Gasteiger partial charge in [0.1, 0.15) is 0 Å². The molecule has 0 radical (unpaired) electrons. The van der Waals surface area contributed by atoms with Crippen molar-refractivity contribution in [2.75, 3.05) is 0 Å². The molecule has 0 N–H and O–H groups in total. The molecule has 16 heavy (non-hydrogen) atoms. The van der Waals surface area contributed by atoms with Gasteiger partial charge in [-0.1, -0.05) is 13.8 Å². The first-order valence-electron chi connectivity index (χ1n) is 5.15. The third-order valence-corrected chi connectivity index (χ3v) is 2.37. The summed E-state index contributed by atoms with van der Waals surface area (Å²) in [6.07, 6.45) is 3.20. The van der Waals surface area contributed by atoms with Gasteiger partial charge >= 0.3 is 5.69 Å². The second kappa shape index (κ2) is 3.62. The Morgan fingerprint density at radius 1 is 1.31 bits per heavy atom. The summed E-state index contributed by atoms with van der Waals surface area (Å²) in [5, 5.41) is 3.91. The van der Waals surface area contributed by atoms with Gasteiger partial charge in [-0.2, -0.15) is 0 Å². The second-order valence-corrected chi connectivity index (χ2v) is 4.25. The van der Waals surface area contributed by atoms with E-state index in [4.69, 9.17) is 0 Å². The maximum absolute atomic E-state index is 12.0. The predicted octanol–water partition coefficient (Wildman–Crippen LogP) is -0.149. The van der Waals surface area contributed by atoms with Crippen LogP contribution in [0.2, 0.25) is 0 Å². The summed E-state index contributed by atoms with van der Waals surface area (Å²) in [5.74, 6) is 0.371. The molecule has 0 aliphatic rings. The summed E-state index contributed by atoms with van der Waals surface area (Å²) in [5.41, 5.74) is -0.353. The van der Waals surface area contributed by atoms with Crippen LogP contribution >= 0.6 is 0 Å². The minimum Gasteiger partial charge on any atom is -0.311 e. The van der Waals surface area contributed by atoms with Crippen LogP contribution in [0.3, 0.4) is 0 Å². The Kier molecular flexibility index (Phi) is 2.41. The molecule has 0 spiro atoms. The van der Waals surface area contributed by atoms with E-state index in [-0.39, 0.29) is 16.9 Å². The van der Waals surface area contributed by atoms with E-state index in [1.165, 1.54) is 11.4 Å². The minimum atomic E-state index is -0.302. The number of hydrogen-bond acceptors (Lipinski definition) is 3. The lowest BCUT2D eigenvalue weighted by atomic mass is 10.2. The Labute approximate surface area is 91.7 Å².